The van der Waals surface area contributed by atoms with E-state index in [4.69, 9.17) is 51.1 Å². The SMILES string of the molecule is CCOc1ccc([C@@H]2[C@H](N3C(=O)c4c(Cl)c(Cl)c(Cl)c(Cl)c4C3=O)C(=O)N2c2ccc(C)cc2)cc1. The van der Waals surface area contributed by atoms with Crippen LogP contribution >= 0.6 is 46.4 Å². The maximum atomic E-state index is 13.6. The van der Waals surface area contributed by atoms with E-state index in [-0.39, 0.29) is 31.2 Å². The lowest BCUT2D eigenvalue weighted by atomic mass is 9.86. The van der Waals surface area contributed by atoms with E-state index in [1.54, 1.807) is 17.0 Å². The number of carbonyl (C=O) groups is 3. The summed E-state index contributed by atoms with van der Waals surface area (Å²) < 4.78 is 5.54. The third-order valence-electron chi connectivity index (χ3n) is 6.32. The van der Waals surface area contributed by atoms with Gasteiger partial charge in [0.15, 0.2) is 0 Å². The molecule has 1 fully saturated rings. The molecular weight excluding hydrogens is 546 g/mol. The number of carbonyl (C=O) groups excluding carboxylic acids is 3. The highest BCUT2D eigenvalue weighted by Gasteiger charge is 2.58. The van der Waals surface area contributed by atoms with Crippen molar-refractivity contribution in [2.75, 3.05) is 11.5 Å². The molecule has 0 spiro atoms. The third kappa shape index (κ3) is 3.67. The Morgan fingerprint density at radius 3 is 1.75 bits per heavy atom. The molecule has 2 heterocycles. The summed E-state index contributed by atoms with van der Waals surface area (Å²) in [6, 6.07) is 12.8. The first kappa shape index (κ1) is 24.9. The molecule has 0 saturated carbocycles. The Labute approximate surface area is 227 Å². The maximum absolute atomic E-state index is 13.6. The van der Waals surface area contributed by atoms with E-state index in [0.29, 0.717) is 23.6 Å². The fraction of sp³-hybridized carbons (Fsp3) is 0.192. The molecule has 3 amide bonds. The second-order valence-electron chi connectivity index (χ2n) is 8.42. The topological polar surface area (TPSA) is 66.9 Å². The van der Waals surface area contributed by atoms with Crippen LogP contribution in [0.15, 0.2) is 48.5 Å². The van der Waals surface area contributed by atoms with E-state index in [9.17, 15) is 14.4 Å². The molecule has 1 saturated heterocycles. The molecule has 3 aromatic rings. The van der Waals surface area contributed by atoms with Crippen molar-refractivity contribution < 1.29 is 19.1 Å². The zero-order chi connectivity index (χ0) is 25.9. The van der Waals surface area contributed by atoms with E-state index in [0.717, 1.165) is 10.5 Å². The molecule has 2 aliphatic heterocycles. The summed E-state index contributed by atoms with van der Waals surface area (Å²) >= 11 is 24.9. The summed E-state index contributed by atoms with van der Waals surface area (Å²) in [6.45, 7) is 4.32. The van der Waals surface area contributed by atoms with Crippen LogP contribution in [0.4, 0.5) is 5.69 Å². The summed E-state index contributed by atoms with van der Waals surface area (Å²) in [5.41, 5.74) is 2.06. The first-order valence-electron chi connectivity index (χ1n) is 11.0. The second-order valence-corrected chi connectivity index (χ2v) is 9.93. The van der Waals surface area contributed by atoms with Crippen molar-refractivity contribution in [1.29, 1.82) is 0 Å². The average Bonchev–Trinajstić information content (AvgIpc) is 3.12. The number of β-lactam (4-membered cyclic amide) rings is 1. The number of fused-ring (bicyclic) bond motifs is 1. The van der Waals surface area contributed by atoms with E-state index in [1.165, 1.54) is 0 Å². The second kappa shape index (κ2) is 9.27. The smallest absolute Gasteiger partial charge is 0.264 e. The van der Waals surface area contributed by atoms with Crippen molar-refractivity contribution >= 4 is 69.8 Å². The fourth-order valence-electron chi connectivity index (χ4n) is 4.60. The number of hydrogen-bond acceptors (Lipinski definition) is 4. The lowest BCUT2D eigenvalue weighted by Gasteiger charge is -2.49. The summed E-state index contributed by atoms with van der Waals surface area (Å²) in [5, 5.41) is -0.618. The van der Waals surface area contributed by atoms with Crippen LogP contribution in [0.25, 0.3) is 0 Å². The molecule has 0 bridgehead atoms. The van der Waals surface area contributed by atoms with Gasteiger partial charge in [0, 0.05) is 5.69 Å². The molecule has 0 aromatic heterocycles. The van der Waals surface area contributed by atoms with Gasteiger partial charge in [0.1, 0.15) is 11.8 Å². The van der Waals surface area contributed by atoms with Gasteiger partial charge in [-0.3, -0.25) is 19.3 Å². The van der Waals surface area contributed by atoms with Gasteiger partial charge in [-0.05, 0) is 43.7 Å². The number of halogens is 4. The third-order valence-corrected chi connectivity index (χ3v) is 8.13. The average molecular weight is 564 g/mol. The normalized spacial score (nSPS) is 19.0. The Hall–Kier alpha value is -2.77. The van der Waals surface area contributed by atoms with Gasteiger partial charge in [0.05, 0.1) is 43.9 Å². The molecule has 10 heteroatoms. The van der Waals surface area contributed by atoms with Crippen LogP contribution in [-0.4, -0.2) is 35.3 Å². The fourth-order valence-corrected chi connectivity index (χ4v) is 5.61. The van der Waals surface area contributed by atoms with Crippen LogP contribution in [0.2, 0.25) is 20.1 Å². The van der Waals surface area contributed by atoms with E-state index in [1.807, 2.05) is 50.2 Å². The molecular formula is C26H18Cl4N2O4. The highest BCUT2D eigenvalue weighted by atomic mass is 35.5. The van der Waals surface area contributed by atoms with Crippen molar-refractivity contribution in [3.8, 4) is 5.75 Å². The zero-order valence-corrected chi connectivity index (χ0v) is 22.0. The summed E-state index contributed by atoms with van der Waals surface area (Å²) in [4.78, 5) is 43.0. The van der Waals surface area contributed by atoms with Gasteiger partial charge in [0.2, 0.25) is 0 Å². The predicted molar refractivity (Wildman–Crippen MR) is 140 cm³/mol. The lowest BCUT2D eigenvalue weighted by Crippen LogP contribution is -2.67. The zero-order valence-electron chi connectivity index (χ0n) is 19.0. The summed E-state index contributed by atoms with van der Waals surface area (Å²) in [5.74, 6) is -1.26. The number of ether oxygens (including phenoxy) is 1. The van der Waals surface area contributed by atoms with Crippen molar-refractivity contribution in [2.24, 2.45) is 0 Å². The standard InChI is InChI=1S/C26H18Cl4N2O4/c1-3-36-15-10-6-13(7-11-15)22-23(26(35)31(22)14-8-4-12(2)5-9-14)32-24(33)16-17(25(32)34)19(28)21(30)20(29)18(16)27/h4-11,22-23H,3H2,1-2H3/t22-,23+/m1/s1. The molecule has 2 atom stereocenters. The molecule has 5 rings (SSSR count). The van der Waals surface area contributed by atoms with Crippen LogP contribution in [0.5, 0.6) is 5.75 Å². The van der Waals surface area contributed by atoms with Crippen LogP contribution in [0, 0.1) is 6.92 Å². The Morgan fingerprint density at radius 2 is 1.25 bits per heavy atom. The van der Waals surface area contributed by atoms with E-state index < -0.39 is 29.8 Å². The molecule has 2 aliphatic rings. The Morgan fingerprint density at radius 1 is 0.722 bits per heavy atom. The number of nitrogens with zero attached hydrogens (tertiary/aromatic N) is 2. The molecule has 6 nitrogen and oxygen atoms in total. The maximum Gasteiger partial charge on any atom is 0.264 e. The predicted octanol–water partition coefficient (Wildman–Crippen LogP) is 6.76. The number of hydrogen-bond donors (Lipinski definition) is 0. The Balaban J connectivity index is 1.60. The van der Waals surface area contributed by atoms with Gasteiger partial charge in [-0.25, -0.2) is 0 Å². The molecule has 0 unspecified atom stereocenters. The quantitative estimate of drug-likeness (QED) is 0.149. The molecule has 0 aliphatic carbocycles. The lowest BCUT2D eigenvalue weighted by molar-refractivity contribution is -0.130. The van der Waals surface area contributed by atoms with Gasteiger partial charge in [-0.15, -0.1) is 0 Å². The van der Waals surface area contributed by atoms with Crippen molar-refractivity contribution in [3.05, 3.63) is 90.9 Å². The largest absolute Gasteiger partial charge is 0.494 e. The van der Waals surface area contributed by atoms with Gasteiger partial charge in [-0.2, -0.15) is 0 Å². The minimum Gasteiger partial charge on any atom is -0.494 e. The highest BCUT2D eigenvalue weighted by Crippen LogP contribution is 2.49. The van der Waals surface area contributed by atoms with Crippen molar-refractivity contribution in [3.63, 3.8) is 0 Å². The van der Waals surface area contributed by atoms with Gasteiger partial charge < -0.3 is 9.64 Å². The number of amides is 3. The monoisotopic (exact) mass is 562 g/mol. The molecule has 0 N–H and O–H groups in total. The molecule has 184 valence electrons. The highest BCUT2D eigenvalue weighted by molar-refractivity contribution is 6.55. The van der Waals surface area contributed by atoms with Crippen molar-refractivity contribution in [1.82, 2.24) is 4.90 Å². The van der Waals surface area contributed by atoms with Crippen LogP contribution in [0.3, 0.4) is 0 Å². The first-order valence-corrected chi connectivity index (χ1v) is 12.5. The molecule has 3 aromatic carbocycles. The Bertz CT molecular complexity index is 1380. The van der Waals surface area contributed by atoms with Crippen molar-refractivity contribution in [2.45, 2.75) is 25.9 Å². The van der Waals surface area contributed by atoms with Crippen LogP contribution in [-0.2, 0) is 4.79 Å². The Kier molecular flexibility index (Phi) is 6.41. The summed E-state index contributed by atoms with van der Waals surface area (Å²) in [7, 11) is 0. The van der Waals surface area contributed by atoms with E-state index in [2.05, 4.69) is 0 Å². The van der Waals surface area contributed by atoms with Gasteiger partial charge >= 0.3 is 0 Å². The number of imide groups is 1. The van der Waals surface area contributed by atoms with E-state index >= 15 is 0 Å². The summed E-state index contributed by atoms with van der Waals surface area (Å²) in [6.07, 6.45) is 0. The first-order chi connectivity index (χ1) is 17.2. The van der Waals surface area contributed by atoms with Crippen LogP contribution in [0.1, 0.15) is 44.8 Å². The van der Waals surface area contributed by atoms with Crippen LogP contribution < -0.4 is 9.64 Å². The number of aryl methyl sites for hydroxylation is 1. The van der Waals surface area contributed by atoms with Gasteiger partial charge in [0.25, 0.3) is 17.7 Å². The molecule has 0 radical (unpaired) electrons. The number of benzene rings is 3. The number of anilines is 1. The molecule has 36 heavy (non-hydrogen) atoms. The number of rotatable bonds is 5. The minimum atomic E-state index is -1.12. The minimum absolute atomic E-state index is 0.130. The van der Waals surface area contributed by atoms with Gasteiger partial charge in [-0.1, -0.05) is 76.2 Å².